The quantitative estimate of drug-likeness (QED) is 0.507. The van der Waals surface area contributed by atoms with Crippen LogP contribution in [0.1, 0.15) is 43.9 Å². The first kappa shape index (κ1) is 28.2. The summed E-state index contributed by atoms with van der Waals surface area (Å²) >= 11 is 0. The monoisotopic (exact) mass is 503 g/mol. The van der Waals surface area contributed by atoms with Gasteiger partial charge in [-0.15, -0.1) is 0 Å². The van der Waals surface area contributed by atoms with Gasteiger partial charge in [-0.3, -0.25) is 13.9 Å². The number of rotatable bonds is 11. The van der Waals surface area contributed by atoms with Crippen LogP contribution in [0.15, 0.2) is 42.5 Å². The highest BCUT2D eigenvalue weighted by Crippen LogP contribution is 2.23. The molecule has 0 fully saturated rings. The largest absolute Gasteiger partial charge is 0.497 e. The molecule has 2 rings (SSSR count). The van der Waals surface area contributed by atoms with Crippen LogP contribution in [0, 0.1) is 13.8 Å². The number of amides is 2. The first-order valence-electron chi connectivity index (χ1n) is 11.6. The van der Waals surface area contributed by atoms with E-state index in [2.05, 4.69) is 5.32 Å². The lowest BCUT2D eigenvalue weighted by molar-refractivity contribution is -0.140. The van der Waals surface area contributed by atoms with Gasteiger partial charge in [0.1, 0.15) is 18.3 Å². The number of methoxy groups -OCH3 is 1. The van der Waals surface area contributed by atoms with Gasteiger partial charge in [-0.1, -0.05) is 25.1 Å². The van der Waals surface area contributed by atoms with Crippen molar-refractivity contribution in [2.24, 2.45) is 0 Å². The van der Waals surface area contributed by atoms with Gasteiger partial charge in [-0.25, -0.2) is 8.42 Å². The Balaban J connectivity index is 2.45. The average Bonchev–Trinajstić information content (AvgIpc) is 2.78. The molecule has 35 heavy (non-hydrogen) atoms. The minimum atomic E-state index is -3.76. The lowest BCUT2D eigenvalue weighted by Crippen LogP contribution is -2.53. The third-order valence-corrected chi connectivity index (χ3v) is 6.93. The molecule has 1 N–H and O–H groups in total. The molecule has 0 spiro atoms. The summed E-state index contributed by atoms with van der Waals surface area (Å²) in [7, 11) is -2.19. The second kappa shape index (κ2) is 12.1. The molecule has 0 saturated heterocycles. The second-order valence-electron chi connectivity index (χ2n) is 9.00. The lowest BCUT2D eigenvalue weighted by atomic mass is 10.1. The number of hydrogen-bond acceptors (Lipinski definition) is 5. The molecule has 9 heteroatoms. The maximum atomic E-state index is 13.7. The maximum Gasteiger partial charge on any atom is 0.244 e. The number of nitrogens with zero attached hydrogens (tertiary/aromatic N) is 2. The van der Waals surface area contributed by atoms with Crippen molar-refractivity contribution in [3.63, 3.8) is 0 Å². The Hall–Kier alpha value is -3.07. The van der Waals surface area contributed by atoms with E-state index < -0.39 is 28.5 Å². The van der Waals surface area contributed by atoms with E-state index in [4.69, 9.17) is 4.74 Å². The number of anilines is 1. The minimum absolute atomic E-state index is 0.0995. The molecule has 0 bridgehead atoms. The second-order valence-corrected chi connectivity index (χ2v) is 10.9. The molecule has 0 saturated carbocycles. The molecule has 0 aliphatic rings. The average molecular weight is 504 g/mol. The van der Waals surface area contributed by atoms with Crippen molar-refractivity contribution in [3.8, 4) is 5.75 Å². The van der Waals surface area contributed by atoms with Crippen LogP contribution in [0.4, 0.5) is 5.69 Å². The van der Waals surface area contributed by atoms with Gasteiger partial charge in [0.05, 0.1) is 19.1 Å². The first-order valence-corrected chi connectivity index (χ1v) is 13.5. The van der Waals surface area contributed by atoms with Crippen LogP contribution in [0.25, 0.3) is 0 Å². The molecular formula is C26H37N3O5S. The van der Waals surface area contributed by atoms with Crippen LogP contribution in [-0.4, -0.2) is 57.1 Å². The zero-order valence-corrected chi connectivity index (χ0v) is 22.5. The van der Waals surface area contributed by atoms with Crippen LogP contribution in [0.3, 0.4) is 0 Å². The van der Waals surface area contributed by atoms with Gasteiger partial charge >= 0.3 is 0 Å². The van der Waals surface area contributed by atoms with Crippen molar-refractivity contribution in [1.29, 1.82) is 0 Å². The van der Waals surface area contributed by atoms with Crippen molar-refractivity contribution in [2.75, 3.05) is 24.2 Å². The van der Waals surface area contributed by atoms with Gasteiger partial charge in [0.25, 0.3) is 0 Å². The van der Waals surface area contributed by atoms with Gasteiger partial charge in [0.15, 0.2) is 0 Å². The van der Waals surface area contributed by atoms with Crippen LogP contribution in [0.2, 0.25) is 0 Å². The highest BCUT2D eigenvalue weighted by molar-refractivity contribution is 7.92. The molecule has 8 nitrogen and oxygen atoms in total. The van der Waals surface area contributed by atoms with Crippen molar-refractivity contribution in [1.82, 2.24) is 10.2 Å². The van der Waals surface area contributed by atoms with Gasteiger partial charge in [-0.2, -0.15) is 0 Å². The molecule has 0 unspecified atom stereocenters. The van der Waals surface area contributed by atoms with E-state index in [0.717, 1.165) is 27.3 Å². The summed E-state index contributed by atoms with van der Waals surface area (Å²) in [4.78, 5) is 28.1. The summed E-state index contributed by atoms with van der Waals surface area (Å²) in [6.07, 6.45) is 1.45. The van der Waals surface area contributed by atoms with Crippen molar-refractivity contribution >= 4 is 27.5 Å². The van der Waals surface area contributed by atoms with Crippen molar-refractivity contribution < 1.29 is 22.7 Å². The summed E-state index contributed by atoms with van der Waals surface area (Å²) in [6, 6.07) is 11.6. The van der Waals surface area contributed by atoms with Gasteiger partial charge in [0.2, 0.25) is 21.8 Å². The van der Waals surface area contributed by atoms with Crippen molar-refractivity contribution in [3.05, 3.63) is 59.2 Å². The smallest absolute Gasteiger partial charge is 0.244 e. The number of nitrogens with one attached hydrogen (secondary N) is 1. The number of aryl methyl sites for hydroxylation is 2. The lowest BCUT2D eigenvalue weighted by Gasteiger charge is -2.33. The Morgan fingerprint density at radius 3 is 2.14 bits per heavy atom. The Morgan fingerprint density at radius 1 is 1.03 bits per heavy atom. The number of hydrogen-bond donors (Lipinski definition) is 1. The molecule has 0 radical (unpaired) electrons. The summed E-state index contributed by atoms with van der Waals surface area (Å²) in [5.74, 6) is -0.0640. The number of carbonyl (C=O) groups excluding carboxylic acids is 2. The molecule has 2 aromatic rings. The predicted octanol–water partition coefficient (Wildman–Crippen LogP) is 3.41. The fraction of sp³-hybridized carbons (Fsp3) is 0.462. The Morgan fingerprint density at radius 2 is 1.66 bits per heavy atom. The van der Waals surface area contributed by atoms with E-state index in [9.17, 15) is 18.0 Å². The Kier molecular flexibility index (Phi) is 9.71. The summed E-state index contributed by atoms with van der Waals surface area (Å²) in [6.45, 7) is 9.10. The fourth-order valence-electron chi connectivity index (χ4n) is 3.72. The Bertz CT molecular complexity index is 1130. The topological polar surface area (TPSA) is 96.0 Å². The minimum Gasteiger partial charge on any atom is -0.497 e. The van der Waals surface area contributed by atoms with E-state index in [1.165, 1.54) is 4.90 Å². The van der Waals surface area contributed by atoms with Gasteiger partial charge in [0, 0.05) is 12.6 Å². The zero-order valence-electron chi connectivity index (χ0n) is 21.7. The van der Waals surface area contributed by atoms with E-state index in [0.29, 0.717) is 17.9 Å². The molecule has 0 aliphatic heterocycles. The normalized spacial score (nSPS) is 12.2. The van der Waals surface area contributed by atoms with E-state index in [1.54, 1.807) is 31.4 Å². The summed E-state index contributed by atoms with van der Waals surface area (Å²) in [5, 5.41) is 2.88. The van der Waals surface area contributed by atoms with E-state index >= 15 is 0 Å². The van der Waals surface area contributed by atoms with Crippen LogP contribution >= 0.6 is 0 Å². The molecule has 0 aromatic heterocycles. The van der Waals surface area contributed by atoms with Gasteiger partial charge in [-0.05, 0) is 75.1 Å². The highest BCUT2D eigenvalue weighted by Gasteiger charge is 2.32. The van der Waals surface area contributed by atoms with Crippen LogP contribution in [0.5, 0.6) is 5.75 Å². The number of ether oxygens (including phenoxy) is 1. The van der Waals surface area contributed by atoms with Crippen LogP contribution in [-0.2, 0) is 26.2 Å². The van der Waals surface area contributed by atoms with Crippen LogP contribution < -0.4 is 14.4 Å². The first-order chi connectivity index (χ1) is 16.4. The molecule has 1 atom stereocenters. The molecular weight excluding hydrogens is 466 g/mol. The molecule has 0 heterocycles. The Labute approximate surface area is 209 Å². The number of sulfonamides is 1. The van der Waals surface area contributed by atoms with Crippen molar-refractivity contribution in [2.45, 2.75) is 59.7 Å². The summed E-state index contributed by atoms with van der Waals surface area (Å²) < 4.78 is 31.7. The highest BCUT2D eigenvalue weighted by atomic mass is 32.2. The zero-order chi connectivity index (χ0) is 26.3. The fourth-order valence-corrected chi connectivity index (χ4v) is 4.56. The SMILES string of the molecule is CC[C@@H](C(=O)NC(C)C)N(Cc1ccc(OC)cc1)C(=O)CN(c1ccc(C)c(C)c1)S(C)(=O)=O. The molecule has 192 valence electrons. The standard InChI is InChI=1S/C26H37N3O5S/c1-8-24(26(31)27-18(2)3)28(16-21-10-13-23(34-6)14-11-21)25(30)17-29(35(7,32)33)22-12-9-19(4)20(5)15-22/h9-15,18,24H,8,16-17H2,1-7H3,(H,27,31)/t24-/m0/s1. The molecule has 0 aliphatic carbocycles. The molecule has 2 amide bonds. The van der Waals surface area contributed by atoms with E-state index in [1.807, 2.05) is 52.8 Å². The number of carbonyl (C=O) groups is 2. The third-order valence-electron chi connectivity index (χ3n) is 5.79. The summed E-state index contributed by atoms with van der Waals surface area (Å²) in [5.41, 5.74) is 3.15. The predicted molar refractivity (Wildman–Crippen MR) is 139 cm³/mol. The van der Waals surface area contributed by atoms with Gasteiger partial charge < -0.3 is 15.0 Å². The maximum absolute atomic E-state index is 13.7. The number of benzene rings is 2. The molecule has 2 aromatic carbocycles. The van der Waals surface area contributed by atoms with E-state index in [-0.39, 0.29) is 18.5 Å². The third kappa shape index (κ3) is 7.71.